The highest BCUT2D eigenvalue weighted by Crippen LogP contribution is 2.24. The number of nitrogens with one attached hydrogen (secondary N) is 1. The quantitative estimate of drug-likeness (QED) is 0.931. The standard InChI is InChI=1S/C20H25N3O2/c1-2-25-18-8-9-19-14(10-18)6-7-17(21-19)13-23-11-15-4-3-5-16(12-23)22-20(15)24/h6-10,15-16H,2-5,11-13H2,1H3,(H,22,24)/t15-,16+/m1/s1. The third-order valence-corrected chi connectivity index (χ3v) is 5.19. The van der Waals surface area contributed by atoms with Gasteiger partial charge in [-0.15, -0.1) is 0 Å². The Hall–Kier alpha value is -2.14. The Labute approximate surface area is 148 Å². The van der Waals surface area contributed by atoms with E-state index < -0.39 is 0 Å². The van der Waals surface area contributed by atoms with E-state index in [1.54, 1.807) is 0 Å². The van der Waals surface area contributed by atoms with Crippen LogP contribution in [0.15, 0.2) is 30.3 Å². The number of amides is 1. The summed E-state index contributed by atoms with van der Waals surface area (Å²) in [4.78, 5) is 19.4. The number of fused-ring (bicyclic) bond motifs is 4. The lowest BCUT2D eigenvalue weighted by atomic mass is 9.99. The van der Waals surface area contributed by atoms with Crippen LogP contribution in [-0.2, 0) is 11.3 Å². The molecule has 0 unspecified atom stereocenters. The molecule has 2 aromatic rings. The molecule has 25 heavy (non-hydrogen) atoms. The molecule has 1 amide bonds. The van der Waals surface area contributed by atoms with E-state index in [1.165, 1.54) is 0 Å². The van der Waals surface area contributed by atoms with E-state index in [0.717, 1.165) is 61.2 Å². The average molecular weight is 339 g/mol. The van der Waals surface area contributed by atoms with Crippen LogP contribution in [0.5, 0.6) is 5.75 Å². The van der Waals surface area contributed by atoms with Crippen molar-refractivity contribution in [1.82, 2.24) is 15.2 Å². The van der Waals surface area contributed by atoms with E-state index in [1.807, 2.05) is 25.1 Å². The maximum Gasteiger partial charge on any atom is 0.224 e. The van der Waals surface area contributed by atoms with Crippen molar-refractivity contribution in [3.8, 4) is 5.75 Å². The van der Waals surface area contributed by atoms with Crippen LogP contribution in [0.25, 0.3) is 10.9 Å². The van der Waals surface area contributed by atoms with E-state index in [9.17, 15) is 4.79 Å². The summed E-state index contributed by atoms with van der Waals surface area (Å²) in [6.45, 7) is 5.21. The summed E-state index contributed by atoms with van der Waals surface area (Å²) < 4.78 is 5.56. The lowest BCUT2D eigenvalue weighted by molar-refractivity contribution is -0.124. The van der Waals surface area contributed by atoms with Crippen molar-refractivity contribution in [3.63, 3.8) is 0 Å². The number of rotatable bonds is 4. The highest BCUT2D eigenvalue weighted by atomic mass is 16.5. The van der Waals surface area contributed by atoms with Gasteiger partial charge in [-0.25, -0.2) is 0 Å². The zero-order valence-electron chi connectivity index (χ0n) is 14.7. The number of pyridine rings is 1. The summed E-state index contributed by atoms with van der Waals surface area (Å²) in [6, 6.07) is 10.5. The number of hydrogen-bond donors (Lipinski definition) is 1. The van der Waals surface area contributed by atoms with Gasteiger partial charge in [0.1, 0.15) is 5.75 Å². The Balaban J connectivity index is 1.52. The zero-order chi connectivity index (χ0) is 17.2. The Morgan fingerprint density at radius 3 is 3.04 bits per heavy atom. The van der Waals surface area contributed by atoms with Crippen molar-refractivity contribution in [2.75, 3.05) is 19.7 Å². The molecule has 132 valence electrons. The first-order chi connectivity index (χ1) is 12.2. The molecule has 2 fully saturated rings. The van der Waals surface area contributed by atoms with E-state index in [0.29, 0.717) is 6.61 Å². The van der Waals surface area contributed by atoms with Gasteiger partial charge in [0.05, 0.1) is 23.7 Å². The summed E-state index contributed by atoms with van der Waals surface area (Å²) in [5, 5.41) is 4.29. The topological polar surface area (TPSA) is 54.5 Å². The van der Waals surface area contributed by atoms with Gasteiger partial charge >= 0.3 is 0 Å². The molecule has 1 aromatic carbocycles. The predicted molar refractivity (Wildman–Crippen MR) is 97.5 cm³/mol. The molecule has 3 heterocycles. The molecule has 2 saturated heterocycles. The fraction of sp³-hybridized carbons (Fsp3) is 0.500. The number of nitrogens with zero attached hydrogens (tertiary/aromatic N) is 2. The first kappa shape index (κ1) is 16.3. The van der Waals surface area contributed by atoms with Gasteiger partial charge in [0.15, 0.2) is 0 Å². The van der Waals surface area contributed by atoms with Gasteiger partial charge in [-0.3, -0.25) is 14.7 Å². The minimum atomic E-state index is 0.127. The van der Waals surface area contributed by atoms with Gasteiger partial charge in [0.2, 0.25) is 5.91 Å². The van der Waals surface area contributed by atoms with Crippen LogP contribution in [0.2, 0.25) is 0 Å². The average Bonchev–Trinajstić information content (AvgIpc) is 2.84. The van der Waals surface area contributed by atoms with Crippen LogP contribution in [0.4, 0.5) is 0 Å². The Morgan fingerprint density at radius 2 is 2.16 bits per heavy atom. The van der Waals surface area contributed by atoms with Gasteiger partial charge in [0, 0.05) is 31.1 Å². The summed E-state index contributed by atoms with van der Waals surface area (Å²) in [7, 11) is 0. The Morgan fingerprint density at radius 1 is 1.24 bits per heavy atom. The van der Waals surface area contributed by atoms with Crippen molar-refractivity contribution in [2.24, 2.45) is 5.92 Å². The number of likely N-dealkylation sites (tertiary alicyclic amines) is 1. The molecule has 0 spiro atoms. The van der Waals surface area contributed by atoms with E-state index in [-0.39, 0.29) is 17.9 Å². The zero-order valence-corrected chi connectivity index (χ0v) is 14.7. The van der Waals surface area contributed by atoms with Gasteiger partial charge < -0.3 is 10.1 Å². The maximum atomic E-state index is 12.2. The number of ether oxygens (including phenoxy) is 1. The Kier molecular flexibility index (Phi) is 4.57. The van der Waals surface area contributed by atoms with Crippen molar-refractivity contribution in [3.05, 3.63) is 36.0 Å². The van der Waals surface area contributed by atoms with Gasteiger partial charge in [-0.1, -0.05) is 12.5 Å². The second-order valence-electron chi connectivity index (χ2n) is 7.12. The minimum absolute atomic E-state index is 0.127. The first-order valence-corrected chi connectivity index (χ1v) is 9.26. The monoisotopic (exact) mass is 339 g/mol. The van der Waals surface area contributed by atoms with E-state index in [2.05, 4.69) is 22.3 Å². The highest BCUT2D eigenvalue weighted by Gasteiger charge is 2.32. The number of benzene rings is 1. The summed E-state index contributed by atoms with van der Waals surface area (Å²) >= 11 is 0. The second-order valence-corrected chi connectivity index (χ2v) is 7.12. The molecule has 0 aliphatic carbocycles. The maximum absolute atomic E-state index is 12.2. The largest absolute Gasteiger partial charge is 0.494 e. The molecule has 1 N–H and O–H groups in total. The SMILES string of the molecule is CCOc1ccc2nc(CN3C[C@@H]4CCC[C@H](C3)C(=O)N4)ccc2c1. The summed E-state index contributed by atoms with van der Waals surface area (Å²) in [6.07, 6.45) is 3.24. The lowest BCUT2D eigenvalue weighted by Gasteiger charge is -2.27. The van der Waals surface area contributed by atoms with Crippen LogP contribution in [0.1, 0.15) is 31.9 Å². The number of carbonyl (C=O) groups excluding carboxylic acids is 1. The van der Waals surface area contributed by atoms with E-state index >= 15 is 0 Å². The molecule has 2 atom stereocenters. The molecular formula is C20H25N3O2. The third-order valence-electron chi connectivity index (χ3n) is 5.19. The highest BCUT2D eigenvalue weighted by molar-refractivity contribution is 5.80. The molecule has 2 aliphatic rings. The fourth-order valence-corrected chi connectivity index (χ4v) is 3.99. The smallest absolute Gasteiger partial charge is 0.224 e. The molecule has 2 bridgehead atoms. The van der Waals surface area contributed by atoms with Crippen LogP contribution < -0.4 is 10.1 Å². The van der Waals surface area contributed by atoms with Gasteiger partial charge in [-0.05, 0) is 44.0 Å². The van der Waals surface area contributed by atoms with Crippen LogP contribution in [0, 0.1) is 5.92 Å². The van der Waals surface area contributed by atoms with Crippen LogP contribution in [0.3, 0.4) is 0 Å². The summed E-state index contributed by atoms with van der Waals surface area (Å²) in [5.74, 6) is 1.25. The van der Waals surface area contributed by atoms with Crippen molar-refractivity contribution in [1.29, 1.82) is 0 Å². The van der Waals surface area contributed by atoms with Gasteiger partial charge in [0.25, 0.3) is 0 Å². The summed E-state index contributed by atoms with van der Waals surface area (Å²) in [5.41, 5.74) is 2.05. The van der Waals surface area contributed by atoms with Crippen LogP contribution in [-0.4, -0.2) is 41.5 Å². The predicted octanol–water partition coefficient (Wildman–Crippen LogP) is 2.73. The third kappa shape index (κ3) is 3.61. The molecule has 4 rings (SSSR count). The molecule has 2 aliphatic heterocycles. The molecule has 5 heteroatoms. The lowest BCUT2D eigenvalue weighted by Crippen LogP contribution is -2.38. The molecular weight excluding hydrogens is 314 g/mol. The number of hydrogen-bond acceptors (Lipinski definition) is 4. The second kappa shape index (κ2) is 7.00. The molecule has 0 saturated carbocycles. The number of aromatic nitrogens is 1. The molecule has 5 nitrogen and oxygen atoms in total. The van der Waals surface area contributed by atoms with Crippen molar-refractivity contribution in [2.45, 2.75) is 38.8 Å². The fourth-order valence-electron chi connectivity index (χ4n) is 3.99. The number of carbonyl (C=O) groups is 1. The molecule has 1 aromatic heterocycles. The van der Waals surface area contributed by atoms with Crippen molar-refractivity contribution < 1.29 is 9.53 Å². The first-order valence-electron chi connectivity index (χ1n) is 9.26. The van der Waals surface area contributed by atoms with Crippen LogP contribution >= 0.6 is 0 Å². The van der Waals surface area contributed by atoms with Crippen molar-refractivity contribution >= 4 is 16.8 Å². The normalized spacial score (nSPS) is 24.0. The van der Waals surface area contributed by atoms with E-state index in [4.69, 9.17) is 9.72 Å². The minimum Gasteiger partial charge on any atom is -0.494 e. The van der Waals surface area contributed by atoms with Gasteiger partial charge in [-0.2, -0.15) is 0 Å². The Bertz CT molecular complexity index is 777. The molecule has 0 radical (unpaired) electrons.